The van der Waals surface area contributed by atoms with E-state index >= 15 is 0 Å². The highest BCUT2D eigenvalue weighted by Crippen LogP contribution is 2.36. The third-order valence-corrected chi connectivity index (χ3v) is 8.44. The van der Waals surface area contributed by atoms with E-state index in [1.807, 2.05) is 6.07 Å². The maximum Gasteiger partial charge on any atom is 0.145 e. The van der Waals surface area contributed by atoms with Crippen molar-refractivity contribution in [2.24, 2.45) is 4.99 Å². The first-order chi connectivity index (χ1) is 21.8. The molecule has 2 N–H and O–H groups in total. The number of nitrogens with zero attached hydrogens (tertiary/aromatic N) is 1. The second kappa shape index (κ2) is 11.2. The lowest BCUT2D eigenvalue weighted by atomic mass is 9.92. The van der Waals surface area contributed by atoms with Crippen molar-refractivity contribution in [3.8, 4) is 11.1 Å². The number of nitrogens with one attached hydrogen (secondary N) is 2. The number of hydrogen-bond donors (Lipinski definition) is 2. The van der Waals surface area contributed by atoms with Crippen LogP contribution < -0.4 is 10.6 Å². The molecule has 210 valence electrons. The molecule has 0 aromatic heterocycles. The molecule has 2 aliphatic heterocycles. The average molecular weight is 566 g/mol. The number of dihydropyridines is 1. The summed E-state index contributed by atoms with van der Waals surface area (Å²) in [5.74, 6) is 0. The summed E-state index contributed by atoms with van der Waals surface area (Å²) < 4.78 is 0. The molecule has 0 aliphatic carbocycles. The van der Waals surface area contributed by atoms with E-state index in [1.165, 1.54) is 32.7 Å². The van der Waals surface area contributed by atoms with Crippen LogP contribution in [0.4, 0.5) is 0 Å². The van der Waals surface area contributed by atoms with Gasteiger partial charge in [-0.05, 0) is 97.4 Å². The molecule has 0 fully saturated rings. The van der Waals surface area contributed by atoms with Gasteiger partial charge in [0.05, 0.1) is 5.71 Å². The van der Waals surface area contributed by atoms with E-state index in [9.17, 15) is 0 Å². The van der Waals surface area contributed by atoms with Gasteiger partial charge < -0.3 is 10.6 Å². The van der Waals surface area contributed by atoms with Crippen LogP contribution in [0, 0.1) is 0 Å². The van der Waals surface area contributed by atoms with Crippen molar-refractivity contribution in [1.82, 2.24) is 10.6 Å². The molecule has 3 nitrogen and oxygen atoms in total. The summed E-state index contributed by atoms with van der Waals surface area (Å²) >= 11 is 0. The van der Waals surface area contributed by atoms with Crippen LogP contribution in [0.25, 0.3) is 44.1 Å². The smallest absolute Gasteiger partial charge is 0.145 e. The number of rotatable bonds is 5. The number of hydrogen-bond acceptors (Lipinski definition) is 3. The minimum atomic E-state index is -0.264. The van der Waals surface area contributed by atoms with Crippen LogP contribution >= 0.6 is 0 Å². The van der Waals surface area contributed by atoms with E-state index in [4.69, 9.17) is 4.99 Å². The van der Waals surface area contributed by atoms with Gasteiger partial charge in [-0.3, -0.25) is 4.99 Å². The third-order valence-electron chi connectivity index (χ3n) is 8.44. The van der Waals surface area contributed by atoms with Gasteiger partial charge in [0, 0.05) is 17.9 Å². The summed E-state index contributed by atoms with van der Waals surface area (Å²) in [6.07, 6.45) is 8.33. The first-order valence-electron chi connectivity index (χ1n) is 15.1. The number of fused-ring (bicyclic) bond motifs is 2. The SMILES string of the molecule is C1=CCNC(c2cc(-c3cccc4cc5ccccc5cc34)cc(C3N=C(c4ccccc4)C=C(c4ccccc4)N3)c2)=C1. The van der Waals surface area contributed by atoms with Crippen molar-refractivity contribution in [2.45, 2.75) is 6.17 Å². The summed E-state index contributed by atoms with van der Waals surface area (Å²) in [5, 5.41) is 12.3. The number of allylic oxidation sites excluding steroid dienone is 3. The Hall–Kier alpha value is -5.67. The van der Waals surface area contributed by atoms with Gasteiger partial charge in [-0.15, -0.1) is 0 Å². The zero-order chi connectivity index (χ0) is 29.3. The maximum atomic E-state index is 5.30. The maximum absolute atomic E-state index is 5.30. The van der Waals surface area contributed by atoms with E-state index in [0.717, 1.165) is 45.9 Å². The quantitative estimate of drug-likeness (QED) is 0.204. The normalized spacial score (nSPS) is 16.1. The second-order valence-corrected chi connectivity index (χ2v) is 11.3. The van der Waals surface area contributed by atoms with Crippen LogP contribution in [0.3, 0.4) is 0 Å². The van der Waals surface area contributed by atoms with Crippen LogP contribution in [0.15, 0.2) is 163 Å². The molecule has 0 saturated carbocycles. The van der Waals surface area contributed by atoms with Crippen molar-refractivity contribution in [3.63, 3.8) is 0 Å². The highest BCUT2D eigenvalue weighted by atomic mass is 15.1. The standard InChI is InChI=1S/C41H31N3/c1-3-12-28(13-4-1)39-27-40(29-14-5-2-6-15-29)44-41(43-39)35-24-33(23-34(25-35)38-20-9-10-21-42-38)36-19-11-18-32-22-30-16-7-8-17-31(30)26-37(32)36/h1-20,22-27,41-43H,21H2. The lowest BCUT2D eigenvalue weighted by Crippen LogP contribution is -2.25. The highest BCUT2D eigenvalue weighted by Gasteiger charge is 2.22. The monoisotopic (exact) mass is 565 g/mol. The van der Waals surface area contributed by atoms with Crippen molar-refractivity contribution in [3.05, 3.63) is 180 Å². The van der Waals surface area contributed by atoms with Gasteiger partial charge in [-0.1, -0.05) is 115 Å². The van der Waals surface area contributed by atoms with Crippen molar-refractivity contribution in [2.75, 3.05) is 6.54 Å². The van der Waals surface area contributed by atoms with E-state index in [2.05, 4.69) is 162 Å². The lowest BCUT2D eigenvalue weighted by Gasteiger charge is -2.26. The molecular weight excluding hydrogens is 534 g/mol. The Morgan fingerprint density at radius 3 is 2.05 bits per heavy atom. The topological polar surface area (TPSA) is 36.4 Å². The Balaban J connectivity index is 1.31. The van der Waals surface area contributed by atoms with E-state index in [1.54, 1.807) is 0 Å². The molecule has 6 aromatic rings. The predicted octanol–water partition coefficient (Wildman–Crippen LogP) is 9.29. The summed E-state index contributed by atoms with van der Waals surface area (Å²) in [7, 11) is 0. The molecule has 6 aromatic carbocycles. The van der Waals surface area contributed by atoms with E-state index in [0.29, 0.717) is 0 Å². The minimum Gasteiger partial charge on any atom is -0.381 e. The van der Waals surface area contributed by atoms with Gasteiger partial charge in [0.15, 0.2) is 0 Å². The van der Waals surface area contributed by atoms with Crippen molar-refractivity contribution < 1.29 is 0 Å². The lowest BCUT2D eigenvalue weighted by molar-refractivity contribution is 0.664. The Bertz CT molecular complexity index is 2140. The van der Waals surface area contributed by atoms with Crippen molar-refractivity contribution in [1.29, 1.82) is 0 Å². The molecule has 0 saturated heterocycles. The highest BCUT2D eigenvalue weighted by molar-refractivity contribution is 6.13. The van der Waals surface area contributed by atoms with Crippen LogP contribution in [-0.4, -0.2) is 12.3 Å². The van der Waals surface area contributed by atoms with Crippen LogP contribution in [0.1, 0.15) is 28.4 Å². The van der Waals surface area contributed by atoms with Crippen LogP contribution in [-0.2, 0) is 0 Å². The van der Waals surface area contributed by atoms with Gasteiger partial charge in [0.1, 0.15) is 6.17 Å². The molecular formula is C41H31N3. The Morgan fingerprint density at radius 1 is 0.568 bits per heavy atom. The second-order valence-electron chi connectivity index (χ2n) is 11.3. The van der Waals surface area contributed by atoms with E-state index < -0.39 is 0 Å². The molecule has 1 atom stereocenters. The number of aliphatic imine (C=N–C) groups is 1. The molecule has 1 unspecified atom stereocenters. The zero-order valence-corrected chi connectivity index (χ0v) is 24.2. The fourth-order valence-electron chi connectivity index (χ4n) is 6.24. The third kappa shape index (κ3) is 4.99. The van der Waals surface area contributed by atoms with Gasteiger partial charge in [-0.2, -0.15) is 0 Å². The van der Waals surface area contributed by atoms with Crippen molar-refractivity contribution >= 4 is 38.7 Å². The fraction of sp³-hybridized carbons (Fsp3) is 0.0488. The Kier molecular flexibility index (Phi) is 6.62. The Labute approximate surface area is 257 Å². The number of benzene rings is 6. The summed E-state index contributed by atoms with van der Waals surface area (Å²) in [4.78, 5) is 5.30. The summed E-state index contributed by atoms with van der Waals surface area (Å²) in [6, 6.07) is 47.7. The molecule has 0 spiro atoms. The summed E-state index contributed by atoms with van der Waals surface area (Å²) in [6.45, 7) is 0.810. The average Bonchev–Trinajstić information content (AvgIpc) is 3.11. The predicted molar refractivity (Wildman–Crippen MR) is 185 cm³/mol. The van der Waals surface area contributed by atoms with E-state index in [-0.39, 0.29) is 6.17 Å². The van der Waals surface area contributed by atoms with Gasteiger partial charge in [0.25, 0.3) is 0 Å². The Morgan fingerprint density at radius 2 is 1.27 bits per heavy atom. The molecule has 3 heteroatoms. The zero-order valence-electron chi connectivity index (χ0n) is 24.2. The molecule has 8 rings (SSSR count). The molecule has 44 heavy (non-hydrogen) atoms. The van der Waals surface area contributed by atoms with Gasteiger partial charge in [0.2, 0.25) is 0 Å². The fourth-order valence-corrected chi connectivity index (χ4v) is 6.24. The molecule has 2 heterocycles. The first-order valence-corrected chi connectivity index (χ1v) is 15.1. The molecule has 2 aliphatic rings. The molecule has 0 bridgehead atoms. The summed E-state index contributed by atoms with van der Waals surface area (Å²) in [5.41, 5.74) is 10.0. The molecule has 0 amide bonds. The first kappa shape index (κ1) is 26.0. The molecule has 0 radical (unpaired) electrons. The minimum absolute atomic E-state index is 0.264. The largest absolute Gasteiger partial charge is 0.381 e. The van der Waals surface area contributed by atoms with Crippen LogP contribution in [0.2, 0.25) is 0 Å². The van der Waals surface area contributed by atoms with Gasteiger partial charge >= 0.3 is 0 Å². The van der Waals surface area contributed by atoms with Crippen LogP contribution in [0.5, 0.6) is 0 Å². The van der Waals surface area contributed by atoms with Gasteiger partial charge in [-0.25, -0.2) is 0 Å².